The zero-order valence-electron chi connectivity index (χ0n) is 21.1. The van der Waals surface area contributed by atoms with Crippen molar-refractivity contribution >= 4 is 26.0 Å². The quantitative estimate of drug-likeness (QED) is 0.485. The molecule has 2 heterocycles. The third kappa shape index (κ3) is 7.38. The van der Waals surface area contributed by atoms with Crippen LogP contribution in [0.3, 0.4) is 0 Å². The van der Waals surface area contributed by atoms with Crippen molar-refractivity contribution in [3.8, 4) is 0 Å². The Morgan fingerprint density at radius 3 is 2.05 bits per heavy atom. The highest BCUT2D eigenvalue weighted by molar-refractivity contribution is 7.89. The van der Waals surface area contributed by atoms with E-state index in [9.17, 15) is 21.6 Å². The zero-order chi connectivity index (χ0) is 26.3. The molecule has 0 bridgehead atoms. The van der Waals surface area contributed by atoms with E-state index in [4.69, 9.17) is 0 Å². The van der Waals surface area contributed by atoms with Crippen molar-refractivity contribution in [1.29, 1.82) is 0 Å². The molecule has 202 valence electrons. The number of piperazine rings is 1. The summed E-state index contributed by atoms with van der Waals surface area (Å²) in [4.78, 5) is 15.0. The van der Waals surface area contributed by atoms with E-state index in [1.54, 1.807) is 0 Å². The van der Waals surface area contributed by atoms with Gasteiger partial charge >= 0.3 is 0 Å². The summed E-state index contributed by atoms with van der Waals surface area (Å²) < 4.78 is 54.1. The van der Waals surface area contributed by atoms with Crippen LogP contribution in [-0.2, 0) is 26.5 Å². The number of nitrogens with zero attached hydrogens (tertiary/aromatic N) is 3. The van der Waals surface area contributed by atoms with Gasteiger partial charge in [-0.1, -0.05) is 36.8 Å². The van der Waals surface area contributed by atoms with Gasteiger partial charge in [-0.3, -0.25) is 4.79 Å². The molecule has 2 aromatic carbocycles. The average molecular weight is 549 g/mol. The van der Waals surface area contributed by atoms with E-state index in [0.717, 1.165) is 32.2 Å². The van der Waals surface area contributed by atoms with Crippen LogP contribution in [0.2, 0.25) is 0 Å². The van der Waals surface area contributed by atoms with E-state index in [-0.39, 0.29) is 17.2 Å². The number of rotatable bonds is 10. The first-order chi connectivity index (χ1) is 17.8. The first-order valence-electron chi connectivity index (χ1n) is 12.9. The lowest BCUT2D eigenvalue weighted by atomic mass is 10.1. The molecular weight excluding hydrogens is 512 g/mol. The monoisotopic (exact) mass is 548 g/mol. The number of carbonyl (C=O) groups is 1. The van der Waals surface area contributed by atoms with Crippen molar-refractivity contribution in [1.82, 2.24) is 18.8 Å². The van der Waals surface area contributed by atoms with Crippen LogP contribution >= 0.6 is 0 Å². The molecule has 1 N–H and O–H groups in total. The Labute approximate surface area is 220 Å². The van der Waals surface area contributed by atoms with Crippen LogP contribution in [0.5, 0.6) is 0 Å². The number of benzene rings is 2. The molecule has 0 saturated carbocycles. The third-order valence-electron chi connectivity index (χ3n) is 7.00. The standard InChI is InChI=1S/C26H36N4O5S2/c31-26(24-9-11-25(12-10-24)37(34,35)30-15-5-2-6-16-30)27-14-22-36(32,33)29-20-18-28(19-21-29)17-13-23-7-3-1-4-8-23/h1,3-4,7-12H,2,5-6,13-22H2,(H,27,31). The molecule has 2 aliphatic heterocycles. The second-order valence-electron chi connectivity index (χ2n) is 9.54. The molecule has 0 atom stereocenters. The second-order valence-corrected chi connectivity index (χ2v) is 13.6. The van der Waals surface area contributed by atoms with Crippen LogP contribution in [0, 0.1) is 0 Å². The normalized spacial score (nSPS) is 18.5. The van der Waals surface area contributed by atoms with Gasteiger partial charge in [0.15, 0.2) is 0 Å². The molecule has 0 unspecified atom stereocenters. The molecule has 37 heavy (non-hydrogen) atoms. The van der Waals surface area contributed by atoms with Gasteiger partial charge < -0.3 is 10.2 Å². The third-order valence-corrected chi connectivity index (χ3v) is 10.8. The first kappa shape index (κ1) is 27.7. The van der Waals surface area contributed by atoms with E-state index < -0.39 is 26.0 Å². The predicted molar refractivity (Wildman–Crippen MR) is 143 cm³/mol. The molecule has 11 heteroatoms. The van der Waals surface area contributed by atoms with Gasteiger partial charge in [0.2, 0.25) is 20.0 Å². The maximum absolute atomic E-state index is 12.8. The number of sulfonamides is 2. The van der Waals surface area contributed by atoms with Crippen LogP contribution in [0.25, 0.3) is 0 Å². The molecule has 0 aliphatic carbocycles. The number of hydrogen-bond donors (Lipinski definition) is 1. The Balaban J connectivity index is 1.21. The van der Waals surface area contributed by atoms with Crippen LogP contribution < -0.4 is 5.32 Å². The number of nitrogens with one attached hydrogen (secondary N) is 1. The van der Waals surface area contributed by atoms with E-state index in [1.165, 1.54) is 38.4 Å². The lowest BCUT2D eigenvalue weighted by Crippen LogP contribution is -2.50. The fourth-order valence-corrected chi connectivity index (χ4v) is 7.58. The summed E-state index contributed by atoms with van der Waals surface area (Å²) in [5.41, 5.74) is 1.56. The SMILES string of the molecule is O=C(NCCS(=O)(=O)N1CCN(CCc2ccccc2)CC1)c1ccc(S(=O)(=O)N2CCCCC2)cc1. The van der Waals surface area contributed by atoms with Crippen LogP contribution in [0.15, 0.2) is 59.5 Å². The fraction of sp³-hybridized carbons (Fsp3) is 0.500. The van der Waals surface area contributed by atoms with Gasteiger partial charge in [0.1, 0.15) is 0 Å². The van der Waals surface area contributed by atoms with E-state index in [1.807, 2.05) is 18.2 Å². The van der Waals surface area contributed by atoms with Crippen molar-refractivity contribution in [2.45, 2.75) is 30.6 Å². The Morgan fingerprint density at radius 1 is 0.757 bits per heavy atom. The molecule has 1 amide bonds. The van der Waals surface area contributed by atoms with Gasteiger partial charge in [-0.15, -0.1) is 0 Å². The maximum Gasteiger partial charge on any atom is 0.251 e. The molecule has 2 aromatic rings. The van der Waals surface area contributed by atoms with E-state index >= 15 is 0 Å². The Bertz CT molecular complexity index is 1240. The highest BCUT2D eigenvalue weighted by Gasteiger charge is 2.27. The van der Waals surface area contributed by atoms with Crippen LogP contribution in [0.1, 0.15) is 35.2 Å². The lowest BCUT2D eigenvalue weighted by molar-refractivity contribution is 0.0956. The summed E-state index contributed by atoms with van der Waals surface area (Å²) in [5.74, 6) is -0.604. The average Bonchev–Trinajstić information content (AvgIpc) is 2.93. The molecule has 2 aliphatic rings. The van der Waals surface area contributed by atoms with E-state index in [2.05, 4.69) is 22.3 Å². The number of carbonyl (C=O) groups excluding carboxylic acids is 1. The van der Waals surface area contributed by atoms with Gasteiger partial charge in [0, 0.05) is 57.9 Å². The summed E-state index contributed by atoms with van der Waals surface area (Å²) >= 11 is 0. The minimum absolute atomic E-state index is 0.0107. The number of amides is 1. The molecule has 2 fully saturated rings. The van der Waals surface area contributed by atoms with Gasteiger partial charge in [0.05, 0.1) is 10.6 Å². The van der Waals surface area contributed by atoms with Crippen LogP contribution in [0.4, 0.5) is 0 Å². The summed E-state index contributed by atoms with van der Waals surface area (Å²) in [5, 5.41) is 2.65. The molecule has 0 radical (unpaired) electrons. The summed E-state index contributed by atoms with van der Waals surface area (Å²) in [7, 11) is -7.05. The van der Waals surface area contributed by atoms with Crippen molar-refractivity contribution in [2.75, 3.05) is 58.1 Å². The first-order valence-corrected chi connectivity index (χ1v) is 15.9. The minimum atomic E-state index is -3.56. The van der Waals surface area contributed by atoms with Gasteiger partial charge in [-0.05, 0) is 49.1 Å². The molecule has 4 rings (SSSR count). The van der Waals surface area contributed by atoms with Gasteiger partial charge in [-0.2, -0.15) is 8.61 Å². The molecule has 9 nitrogen and oxygen atoms in total. The Hall–Kier alpha value is -2.31. The summed E-state index contributed by atoms with van der Waals surface area (Å²) in [6.45, 7) is 4.17. The van der Waals surface area contributed by atoms with Gasteiger partial charge in [-0.25, -0.2) is 16.8 Å². The molecular formula is C26H36N4O5S2. The lowest BCUT2D eigenvalue weighted by Gasteiger charge is -2.34. The van der Waals surface area contributed by atoms with Crippen molar-refractivity contribution in [2.24, 2.45) is 0 Å². The molecule has 0 spiro atoms. The number of piperidine rings is 1. The van der Waals surface area contributed by atoms with Gasteiger partial charge in [0.25, 0.3) is 5.91 Å². The summed E-state index contributed by atoms with van der Waals surface area (Å²) in [6.07, 6.45) is 3.68. The molecule has 0 aromatic heterocycles. The van der Waals surface area contributed by atoms with Crippen molar-refractivity contribution in [3.05, 3.63) is 65.7 Å². The highest BCUT2D eigenvalue weighted by atomic mass is 32.2. The number of hydrogen-bond acceptors (Lipinski definition) is 6. The second kappa shape index (κ2) is 12.5. The highest BCUT2D eigenvalue weighted by Crippen LogP contribution is 2.21. The van der Waals surface area contributed by atoms with Crippen molar-refractivity contribution < 1.29 is 21.6 Å². The Morgan fingerprint density at radius 2 is 1.41 bits per heavy atom. The fourth-order valence-electron chi connectivity index (χ4n) is 4.72. The zero-order valence-corrected chi connectivity index (χ0v) is 22.7. The topological polar surface area (TPSA) is 107 Å². The maximum atomic E-state index is 12.8. The molecule has 2 saturated heterocycles. The Kier molecular flexibility index (Phi) is 9.36. The van der Waals surface area contributed by atoms with Crippen LogP contribution in [-0.4, -0.2) is 94.4 Å². The van der Waals surface area contributed by atoms with E-state index in [0.29, 0.717) is 44.8 Å². The predicted octanol–water partition coefficient (Wildman–Crippen LogP) is 1.78. The summed E-state index contributed by atoms with van der Waals surface area (Å²) in [6, 6.07) is 16.0. The largest absolute Gasteiger partial charge is 0.351 e. The minimum Gasteiger partial charge on any atom is -0.351 e. The smallest absolute Gasteiger partial charge is 0.251 e. The van der Waals surface area contributed by atoms with Crippen molar-refractivity contribution in [3.63, 3.8) is 0 Å².